The number of halogens is 1. The van der Waals surface area contributed by atoms with Gasteiger partial charge >= 0.3 is 0 Å². The van der Waals surface area contributed by atoms with E-state index in [0.29, 0.717) is 12.1 Å². The largest absolute Gasteiger partial charge is 0.362 e. The Morgan fingerprint density at radius 3 is 2.76 bits per heavy atom. The molecule has 17 heavy (non-hydrogen) atoms. The smallest absolute Gasteiger partial charge is 0.239 e. The fraction of sp³-hybridized carbons (Fsp3) is 0.333. The summed E-state index contributed by atoms with van der Waals surface area (Å²) in [5, 5.41) is 11.4. The summed E-state index contributed by atoms with van der Waals surface area (Å²) in [6, 6.07) is 7.52. The summed E-state index contributed by atoms with van der Waals surface area (Å²) in [6.07, 6.45) is 0. The number of rotatable bonds is 4. The summed E-state index contributed by atoms with van der Waals surface area (Å²) in [5.41, 5.74) is 1.51. The predicted octanol–water partition coefficient (Wildman–Crippen LogP) is 1.89. The average molecular weight is 296 g/mol. The maximum Gasteiger partial charge on any atom is 0.239 e. The monoisotopic (exact) mass is 295 g/mol. The molecule has 0 bridgehead atoms. The number of carbonyl (C=O) groups is 1. The molecule has 0 aliphatic carbocycles. The maximum atomic E-state index is 11.3. The third kappa shape index (κ3) is 3.46. The van der Waals surface area contributed by atoms with Gasteiger partial charge in [-0.05, 0) is 41.1 Å². The van der Waals surface area contributed by atoms with Gasteiger partial charge in [0.15, 0.2) is 0 Å². The number of hydrogen-bond donors (Lipinski definition) is 1. The number of hydrogen-bond acceptors (Lipinski definition) is 3. The molecule has 1 aromatic carbocycles. The van der Waals surface area contributed by atoms with Crippen LogP contribution in [0.15, 0.2) is 22.7 Å². The molecule has 0 spiro atoms. The summed E-state index contributed by atoms with van der Waals surface area (Å²) in [5.74, 6) is -0.0349. The van der Waals surface area contributed by atoms with Gasteiger partial charge in [0.1, 0.15) is 6.07 Å². The van der Waals surface area contributed by atoms with Gasteiger partial charge in [-0.2, -0.15) is 5.26 Å². The molecule has 0 aliphatic rings. The summed E-state index contributed by atoms with van der Waals surface area (Å²) in [7, 11) is 1.62. The number of amides is 1. The maximum absolute atomic E-state index is 11.3. The molecule has 1 rings (SSSR count). The molecule has 0 aromatic heterocycles. The van der Waals surface area contributed by atoms with Crippen molar-refractivity contribution in [2.75, 3.05) is 25.0 Å². The van der Waals surface area contributed by atoms with E-state index < -0.39 is 0 Å². The van der Waals surface area contributed by atoms with Crippen LogP contribution in [0.2, 0.25) is 0 Å². The molecular weight excluding hydrogens is 282 g/mol. The Kier molecular flexibility index (Phi) is 4.98. The SMILES string of the molecule is CCN(CC(=O)NC)c1ccc(C#N)c(Br)c1. The molecular formula is C12H14BrN3O. The third-order valence-electron chi connectivity index (χ3n) is 2.43. The van der Waals surface area contributed by atoms with Gasteiger partial charge in [-0.25, -0.2) is 0 Å². The average Bonchev–Trinajstić information content (AvgIpc) is 2.35. The standard InChI is InChI=1S/C12H14BrN3O/c1-3-16(8-12(17)15-2)10-5-4-9(7-14)11(13)6-10/h4-6H,3,8H2,1-2H3,(H,15,17). The van der Waals surface area contributed by atoms with Crippen LogP contribution in [0.25, 0.3) is 0 Å². The van der Waals surface area contributed by atoms with Crippen molar-refractivity contribution in [2.24, 2.45) is 0 Å². The van der Waals surface area contributed by atoms with Crippen molar-refractivity contribution >= 4 is 27.5 Å². The minimum Gasteiger partial charge on any atom is -0.362 e. The molecule has 0 heterocycles. The zero-order valence-corrected chi connectivity index (χ0v) is 11.4. The first-order chi connectivity index (χ1) is 8.12. The highest BCUT2D eigenvalue weighted by Crippen LogP contribution is 2.23. The lowest BCUT2D eigenvalue weighted by Gasteiger charge is -2.22. The number of nitrogens with one attached hydrogen (secondary N) is 1. The number of benzene rings is 1. The number of nitriles is 1. The zero-order valence-electron chi connectivity index (χ0n) is 9.83. The van der Waals surface area contributed by atoms with Crippen LogP contribution in [0.3, 0.4) is 0 Å². The zero-order chi connectivity index (χ0) is 12.8. The second-order valence-corrected chi connectivity index (χ2v) is 4.32. The molecule has 0 saturated heterocycles. The Balaban J connectivity index is 2.93. The lowest BCUT2D eigenvalue weighted by molar-refractivity contribution is -0.119. The first-order valence-corrected chi connectivity index (χ1v) is 6.06. The minimum absolute atomic E-state index is 0.0349. The Hall–Kier alpha value is -1.54. The van der Waals surface area contributed by atoms with Gasteiger partial charge in [0, 0.05) is 23.8 Å². The van der Waals surface area contributed by atoms with Crippen LogP contribution in [0.5, 0.6) is 0 Å². The summed E-state index contributed by atoms with van der Waals surface area (Å²) in [6.45, 7) is 3.02. The molecule has 0 unspecified atom stereocenters. The normalized spacial score (nSPS) is 9.53. The quantitative estimate of drug-likeness (QED) is 0.923. The molecule has 0 saturated carbocycles. The van der Waals surface area contributed by atoms with Crippen molar-refractivity contribution in [3.05, 3.63) is 28.2 Å². The van der Waals surface area contributed by atoms with Gasteiger partial charge < -0.3 is 10.2 Å². The van der Waals surface area contributed by atoms with E-state index in [1.807, 2.05) is 24.0 Å². The molecule has 0 radical (unpaired) electrons. The predicted molar refractivity (Wildman–Crippen MR) is 70.8 cm³/mol. The van der Waals surface area contributed by atoms with E-state index in [0.717, 1.165) is 16.7 Å². The fourth-order valence-corrected chi connectivity index (χ4v) is 1.88. The Labute approximate surface area is 109 Å². The van der Waals surface area contributed by atoms with Gasteiger partial charge in [-0.15, -0.1) is 0 Å². The van der Waals surface area contributed by atoms with Crippen molar-refractivity contribution in [3.8, 4) is 6.07 Å². The van der Waals surface area contributed by atoms with Gasteiger partial charge in [0.2, 0.25) is 5.91 Å². The minimum atomic E-state index is -0.0349. The van der Waals surface area contributed by atoms with Gasteiger partial charge in [-0.3, -0.25) is 4.79 Å². The van der Waals surface area contributed by atoms with E-state index in [2.05, 4.69) is 27.3 Å². The van der Waals surface area contributed by atoms with E-state index in [1.54, 1.807) is 13.1 Å². The van der Waals surface area contributed by atoms with Crippen LogP contribution < -0.4 is 10.2 Å². The Morgan fingerprint density at radius 2 is 2.29 bits per heavy atom. The molecule has 5 heteroatoms. The molecule has 4 nitrogen and oxygen atoms in total. The van der Waals surface area contributed by atoms with Crippen molar-refractivity contribution in [2.45, 2.75) is 6.92 Å². The van der Waals surface area contributed by atoms with Crippen LogP contribution in [0, 0.1) is 11.3 Å². The topological polar surface area (TPSA) is 56.1 Å². The number of carbonyl (C=O) groups excluding carboxylic acids is 1. The second kappa shape index (κ2) is 6.26. The van der Waals surface area contributed by atoms with Gasteiger partial charge in [0.25, 0.3) is 0 Å². The summed E-state index contributed by atoms with van der Waals surface area (Å²) in [4.78, 5) is 13.3. The third-order valence-corrected chi connectivity index (χ3v) is 3.09. The number of nitrogens with zero attached hydrogens (tertiary/aromatic N) is 2. The summed E-state index contributed by atoms with van der Waals surface area (Å²) >= 11 is 3.34. The molecule has 90 valence electrons. The Bertz CT molecular complexity index is 454. The van der Waals surface area contributed by atoms with Crippen molar-refractivity contribution in [3.63, 3.8) is 0 Å². The van der Waals surface area contributed by atoms with Crippen LogP contribution in [-0.2, 0) is 4.79 Å². The van der Waals surface area contributed by atoms with Crippen molar-refractivity contribution < 1.29 is 4.79 Å². The fourth-order valence-electron chi connectivity index (χ4n) is 1.43. The van der Waals surface area contributed by atoms with E-state index >= 15 is 0 Å². The van der Waals surface area contributed by atoms with Gasteiger partial charge in [0.05, 0.1) is 12.1 Å². The van der Waals surface area contributed by atoms with E-state index in [1.165, 1.54) is 0 Å². The molecule has 0 atom stereocenters. The lowest BCUT2D eigenvalue weighted by atomic mass is 10.2. The molecule has 1 aromatic rings. The summed E-state index contributed by atoms with van der Waals surface area (Å²) < 4.78 is 0.743. The van der Waals surface area contributed by atoms with Crippen LogP contribution in [0.1, 0.15) is 12.5 Å². The van der Waals surface area contributed by atoms with Crippen LogP contribution in [0.4, 0.5) is 5.69 Å². The highest BCUT2D eigenvalue weighted by molar-refractivity contribution is 9.10. The highest BCUT2D eigenvalue weighted by Gasteiger charge is 2.10. The van der Waals surface area contributed by atoms with E-state index in [-0.39, 0.29) is 5.91 Å². The molecule has 0 aliphatic heterocycles. The van der Waals surface area contributed by atoms with Gasteiger partial charge in [-0.1, -0.05) is 0 Å². The lowest BCUT2D eigenvalue weighted by Crippen LogP contribution is -2.35. The van der Waals surface area contributed by atoms with Crippen molar-refractivity contribution in [1.82, 2.24) is 5.32 Å². The molecule has 1 N–H and O–H groups in total. The number of anilines is 1. The first-order valence-electron chi connectivity index (χ1n) is 5.27. The van der Waals surface area contributed by atoms with E-state index in [9.17, 15) is 4.79 Å². The molecule has 1 amide bonds. The second-order valence-electron chi connectivity index (χ2n) is 3.46. The number of likely N-dealkylation sites (N-methyl/N-ethyl adjacent to an activating group) is 2. The van der Waals surface area contributed by atoms with Crippen molar-refractivity contribution in [1.29, 1.82) is 5.26 Å². The first kappa shape index (κ1) is 13.5. The van der Waals surface area contributed by atoms with Crippen LogP contribution in [-0.4, -0.2) is 26.0 Å². The Morgan fingerprint density at radius 1 is 1.59 bits per heavy atom. The highest BCUT2D eigenvalue weighted by atomic mass is 79.9. The van der Waals surface area contributed by atoms with E-state index in [4.69, 9.17) is 5.26 Å². The van der Waals surface area contributed by atoms with Crippen LogP contribution >= 0.6 is 15.9 Å². The molecule has 0 fully saturated rings.